The van der Waals surface area contributed by atoms with Crippen LogP contribution in [0.3, 0.4) is 0 Å². The first kappa shape index (κ1) is 12.5. The number of aliphatic carboxylic acids is 1. The smallest absolute Gasteiger partial charge is 0.315 e. The van der Waals surface area contributed by atoms with Crippen LogP contribution >= 0.6 is 0 Å². The summed E-state index contributed by atoms with van der Waals surface area (Å²) in [5.41, 5.74) is 0. The fourth-order valence-corrected chi connectivity index (χ4v) is 2.15. The molecule has 6 nitrogen and oxygen atoms in total. The van der Waals surface area contributed by atoms with E-state index in [-0.39, 0.29) is 18.0 Å². The summed E-state index contributed by atoms with van der Waals surface area (Å²) in [6, 6.07) is 3.18. The van der Waals surface area contributed by atoms with E-state index in [1.807, 2.05) is 0 Å². The molecule has 0 aromatic carbocycles. The zero-order valence-corrected chi connectivity index (χ0v) is 9.89. The number of hydrogen-bond donors (Lipinski definition) is 3. The minimum Gasteiger partial charge on any atom is -0.481 e. The number of hydrogen-bond acceptors (Lipinski definition) is 3. The lowest BCUT2D eigenvalue weighted by Crippen LogP contribution is -2.40. The molecule has 1 aromatic rings. The Bertz CT molecular complexity index is 416. The largest absolute Gasteiger partial charge is 0.481 e. The molecule has 2 unspecified atom stereocenters. The highest BCUT2D eigenvalue weighted by atomic mass is 16.4. The fourth-order valence-electron chi connectivity index (χ4n) is 2.15. The SMILES string of the molecule is O=C(NCc1ccco1)NC1CCC(C(=O)O)C1. The highest BCUT2D eigenvalue weighted by Crippen LogP contribution is 2.25. The maximum atomic E-state index is 11.6. The molecule has 6 heteroatoms. The molecule has 2 rings (SSSR count). The van der Waals surface area contributed by atoms with Crippen molar-refractivity contribution in [2.24, 2.45) is 5.92 Å². The van der Waals surface area contributed by atoms with E-state index in [1.54, 1.807) is 18.4 Å². The van der Waals surface area contributed by atoms with Crippen LogP contribution in [-0.2, 0) is 11.3 Å². The number of urea groups is 1. The Morgan fingerprint density at radius 1 is 1.44 bits per heavy atom. The molecule has 2 amide bonds. The van der Waals surface area contributed by atoms with Crippen molar-refractivity contribution in [3.05, 3.63) is 24.2 Å². The summed E-state index contributed by atoms with van der Waals surface area (Å²) < 4.78 is 5.08. The average Bonchev–Trinajstić information content (AvgIpc) is 2.96. The van der Waals surface area contributed by atoms with Crippen molar-refractivity contribution in [3.63, 3.8) is 0 Å². The number of carboxylic acids is 1. The predicted molar refractivity (Wildman–Crippen MR) is 62.8 cm³/mol. The zero-order valence-electron chi connectivity index (χ0n) is 9.89. The highest BCUT2D eigenvalue weighted by molar-refractivity contribution is 5.75. The number of rotatable bonds is 4. The van der Waals surface area contributed by atoms with Gasteiger partial charge in [-0.1, -0.05) is 0 Å². The van der Waals surface area contributed by atoms with Crippen LogP contribution in [-0.4, -0.2) is 23.1 Å². The number of nitrogens with one attached hydrogen (secondary N) is 2. The lowest BCUT2D eigenvalue weighted by molar-refractivity contribution is -0.141. The second-order valence-electron chi connectivity index (χ2n) is 4.45. The van der Waals surface area contributed by atoms with Gasteiger partial charge in [-0.15, -0.1) is 0 Å². The monoisotopic (exact) mass is 252 g/mol. The van der Waals surface area contributed by atoms with Crippen molar-refractivity contribution in [2.75, 3.05) is 0 Å². The van der Waals surface area contributed by atoms with Crippen molar-refractivity contribution in [1.29, 1.82) is 0 Å². The van der Waals surface area contributed by atoms with Gasteiger partial charge in [-0.2, -0.15) is 0 Å². The van der Waals surface area contributed by atoms with Crippen molar-refractivity contribution in [3.8, 4) is 0 Å². The maximum Gasteiger partial charge on any atom is 0.315 e. The Kier molecular flexibility index (Phi) is 3.86. The Balaban J connectivity index is 1.70. The number of carbonyl (C=O) groups is 2. The molecular weight excluding hydrogens is 236 g/mol. The van der Waals surface area contributed by atoms with Crippen LogP contribution < -0.4 is 10.6 Å². The molecule has 0 radical (unpaired) electrons. The predicted octanol–water partition coefficient (Wildman–Crippen LogP) is 1.33. The van der Waals surface area contributed by atoms with E-state index in [2.05, 4.69) is 10.6 Å². The van der Waals surface area contributed by atoms with E-state index >= 15 is 0 Å². The van der Waals surface area contributed by atoms with Gasteiger partial charge in [-0.3, -0.25) is 4.79 Å². The molecule has 1 fully saturated rings. The molecule has 1 saturated carbocycles. The van der Waals surface area contributed by atoms with Gasteiger partial charge in [0.25, 0.3) is 0 Å². The Labute approximate surface area is 104 Å². The number of amides is 2. The van der Waals surface area contributed by atoms with E-state index in [9.17, 15) is 9.59 Å². The molecule has 98 valence electrons. The maximum absolute atomic E-state index is 11.6. The van der Waals surface area contributed by atoms with Crippen LogP contribution in [0.15, 0.2) is 22.8 Å². The topological polar surface area (TPSA) is 91.6 Å². The van der Waals surface area contributed by atoms with Gasteiger partial charge in [0.1, 0.15) is 5.76 Å². The van der Waals surface area contributed by atoms with Crippen LogP contribution in [0.2, 0.25) is 0 Å². The second kappa shape index (κ2) is 5.57. The van der Waals surface area contributed by atoms with Gasteiger partial charge in [0.05, 0.1) is 18.7 Å². The van der Waals surface area contributed by atoms with Crippen LogP contribution in [0, 0.1) is 5.92 Å². The molecule has 3 N–H and O–H groups in total. The van der Waals surface area contributed by atoms with E-state index in [1.165, 1.54) is 0 Å². The van der Waals surface area contributed by atoms with Gasteiger partial charge >= 0.3 is 12.0 Å². The standard InChI is InChI=1S/C12H16N2O4/c15-11(16)8-3-4-9(6-8)14-12(17)13-7-10-2-1-5-18-10/h1-2,5,8-9H,3-4,6-7H2,(H,15,16)(H2,13,14,17). The van der Waals surface area contributed by atoms with Crippen LogP contribution in [0.4, 0.5) is 4.79 Å². The fraction of sp³-hybridized carbons (Fsp3) is 0.500. The summed E-state index contributed by atoms with van der Waals surface area (Å²) in [7, 11) is 0. The first-order chi connectivity index (χ1) is 8.65. The number of carboxylic acid groups (broad SMARTS) is 1. The summed E-state index contributed by atoms with van der Waals surface area (Å²) >= 11 is 0. The van der Waals surface area contributed by atoms with Gasteiger partial charge in [0.15, 0.2) is 0 Å². The zero-order chi connectivity index (χ0) is 13.0. The Morgan fingerprint density at radius 3 is 2.89 bits per heavy atom. The quantitative estimate of drug-likeness (QED) is 0.753. The van der Waals surface area contributed by atoms with Crippen LogP contribution in [0.5, 0.6) is 0 Å². The molecule has 0 aliphatic heterocycles. The lowest BCUT2D eigenvalue weighted by atomic mass is 10.1. The summed E-state index contributed by atoms with van der Waals surface area (Å²) in [4.78, 5) is 22.3. The third kappa shape index (κ3) is 3.26. The van der Waals surface area contributed by atoms with E-state index < -0.39 is 5.97 Å². The first-order valence-electron chi connectivity index (χ1n) is 5.94. The van der Waals surface area contributed by atoms with Gasteiger partial charge < -0.3 is 20.2 Å². The summed E-state index contributed by atoms with van der Waals surface area (Å²) in [6.45, 7) is 0.327. The molecule has 1 aromatic heterocycles. The normalized spacial score (nSPS) is 22.7. The van der Waals surface area contributed by atoms with E-state index in [0.29, 0.717) is 31.6 Å². The lowest BCUT2D eigenvalue weighted by Gasteiger charge is -2.12. The molecule has 18 heavy (non-hydrogen) atoms. The molecule has 0 bridgehead atoms. The van der Waals surface area contributed by atoms with Gasteiger partial charge in [0, 0.05) is 6.04 Å². The van der Waals surface area contributed by atoms with Crippen molar-refractivity contribution in [1.82, 2.24) is 10.6 Å². The minimum absolute atomic E-state index is 0.0531. The Morgan fingerprint density at radius 2 is 2.28 bits per heavy atom. The molecule has 2 atom stereocenters. The van der Waals surface area contributed by atoms with E-state index in [0.717, 1.165) is 0 Å². The second-order valence-corrected chi connectivity index (χ2v) is 4.45. The molecule has 0 saturated heterocycles. The van der Waals surface area contributed by atoms with Crippen LogP contribution in [0.25, 0.3) is 0 Å². The van der Waals surface area contributed by atoms with Gasteiger partial charge in [-0.25, -0.2) is 4.79 Å². The van der Waals surface area contributed by atoms with E-state index in [4.69, 9.17) is 9.52 Å². The van der Waals surface area contributed by atoms with Crippen LogP contribution in [0.1, 0.15) is 25.0 Å². The molecule has 1 heterocycles. The Hall–Kier alpha value is -1.98. The summed E-state index contributed by atoms with van der Waals surface area (Å²) in [5.74, 6) is -0.435. The number of furan rings is 1. The average molecular weight is 252 g/mol. The third-order valence-electron chi connectivity index (χ3n) is 3.12. The van der Waals surface area contributed by atoms with Gasteiger partial charge in [0.2, 0.25) is 0 Å². The highest BCUT2D eigenvalue weighted by Gasteiger charge is 2.30. The van der Waals surface area contributed by atoms with Crippen molar-refractivity contribution >= 4 is 12.0 Å². The van der Waals surface area contributed by atoms with Gasteiger partial charge in [-0.05, 0) is 31.4 Å². The van der Waals surface area contributed by atoms with Crippen molar-refractivity contribution < 1.29 is 19.1 Å². The summed E-state index contributed by atoms with van der Waals surface area (Å²) in [6.07, 6.45) is 3.39. The van der Waals surface area contributed by atoms with Crippen molar-refractivity contribution in [2.45, 2.75) is 31.8 Å². The minimum atomic E-state index is -0.782. The summed E-state index contributed by atoms with van der Waals surface area (Å²) in [5, 5.41) is 14.3. The molecule has 1 aliphatic carbocycles. The molecule has 1 aliphatic rings. The molecule has 0 spiro atoms. The molecular formula is C12H16N2O4. The first-order valence-corrected chi connectivity index (χ1v) is 5.94. The third-order valence-corrected chi connectivity index (χ3v) is 3.12. The number of carbonyl (C=O) groups excluding carboxylic acids is 1.